The van der Waals surface area contributed by atoms with Gasteiger partial charge in [0.25, 0.3) is 0 Å². The summed E-state index contributed by atoms with van der Waals surface area (Å²) in [5, 5.41) is 3.07. The Balaban J connectivity index is 2.13. The van der Waals surface area contributed by atoms with Gasteiger partial charge in [-0.05, 0) is 42.9 Å². The molecule has 0 amide bonds. The highest BCUT2D eigenvalue weighted by atomic mass is 32.2. The maximum atomic E-state index is 13.0. The minimum Gasteiger partial charge on any atom is -0.381 e. The molecule has 0 aliphatic rings. The van der Waals surface area contributed by atoms with Gasteiger partial charge in [0.15, 0.2) is 0 Å². The van der Waals surface area contributed by atoms with Gasteiger partial charge in [0.05, 0.1) is 4.90 Å². The number of hydrogen-bond donors (Lipinski definition) is 2. The quantitative estimate of drug-likeness (QED) is 0.890. The maximum absolute atomic E-state index is 13.0. The van der Waals surface area contributed by atoms with Gasteiger partial charge < -0.3 is 5.32 Å². The van der Waals surface area contributed by atoms with Crippen LogP contribution < -0.4 is 10.0 Å². The second kappa shape index (κ2) is 6.02. The SMILES string of the molecule is CNS(=O)(=O)c1cccc(NCc2cccc(F)c2)c1. The topological polar surface area (TPSA) is 58.2 Å². The lowest BCUT2D eigenvalue weighted by atomic mass is 10.2. The Morgan fingerprint density at radius 3 is 2.55 bits per heavy atom. The van der Waals surface area contributed by atoms with Crippen molar-refractivity contribution in [1.82, 2.24) is 4.72 Å². The lowest BCUT2D eigenvalue weighted by Gasteiger charge is -2.09. The molecule has 4 nitrogen and oxygen atoms in total. The van der Waals surface area contributed by atoms with Crippen molar-refractivity contribution in [2.45, 2.75) is 11.4 Å². The van der Waals surface area contributed by atoms with Gasteiger partial charge in [0.2, 0.25) is 10.0 Å². The van der Waals surface area contributed by atoms with Crippen LogP contribution in [0.1, 0.15) is 5.56 Å². The second-order valence-electron chi connectivity index (χ2n) is 4.22. The number of halogens is 1. The van der Waals surface area contributed by atoms with Crippen LogP contribution in [0.25, 0.3) is 0 Å². The molecule has 0 bridgehead atoms. The highest BCUT2D eigenvalue weighted by molar-refractivity contribution is 7.89. The van der Waals surface area contributed by atoms with Gasteiger partial charge in [-0.2, -0.15) is 0 Å². The third kappa shape index (κ3) is 3.55. The summed E-state index contributed by atoms with van der Waals surface area (Å²) in [5.74, 6) is -0.296. The molecule has 0 unspecified atom stereocenters. The molecule has 6 heteroatoms. The Bertz CT molecular complexity index is 702. The van der Waals surface area contributed by atoms with Crippen molar-refractivity contribution in [3.8, 4) is 0 Å². The fourth-order valence-corrected chi connectivity index (χ4v) is 2.52. The summed E-state index contributed by atoms with van der Waals surface area (Å²) < 4.78 is 38.7. The van der Waals surface area contributed by atoms with Crippen molar-refractivity contribution in [2.24, 2.45) is 0 Å². The molecule has 0 aliphatic heterocycles. The molecule has 0 aromatic heterocycles. The molecular weight excluding hydrogens is 279 g/mol. The van der Waals surface area contributed by atoms with Gasteiger partial charge in [0, 0.05) is 12.2 Å². The molecule has 2 N–H and O–H groups in total. The van der Waals surface area contributed by atoms with E-state index in [0.717, 1.165) is 5.56 Å². The van der Waals surface area contributed by atoms with Crippen molar-refractivity contribution in [1.29, 1.82) is 0 Å². The third-order valence-electron chi connectivity index (χ3n) is 2.80. The molecule has 0 saturated carbocycles. The van der Waals surface area contributed by atoms with Gasteiger partial charge in [0.1, 0.15) is 5.82 Å². The summed E-state index contributed by atoms with van der Waals surface area (Å²) in [6.07, 6.45) is 0. The molecule has 0 saturated heterocycles. The molecule has 0 radical (unpaired) electrons. The summed E-state index contributed by atoms with van der Waals surface area (Å²) in [4.78, 5) is 0.184. The molecule has 0 fully saturated rings. The standard InChI is InChI=1S/C14H15FN2O2S/c1-16-20(18,19)14-7-3-6-13(9-14)17-10-11-4-2-5-12(15)8-11/h2-9,16-17H,10H2,1H3. The molecule has 0 spiro atoms. The highest BCUT2D eigenvalue weighted by Crippen LogP contribution is 2.16. The Kier molecular flexibility index (Phi) is 4.36. The van der Waals surface area contributed by atoms with Gasteiger partial charge >= 0.3 is 0 Å². The molecule has 20 heavy (non-hydrogen) atoms. The van der Waals surface area contributed by atoms with E-state index in [1.807, 2.05) is 0 Å². The van der Waals surface area contributed by atoms with Crippen molar-refractivity contribution < 1.29 is 12.8 Å². The summed E-state index contributed by atoms with van der Waals surface area (Å²) in [6, 6.07) is 12.7. The first-order valence-corrected chi connectivity index (χ1v) is 7.51. The van der Waals surface area contributed by atoms with E-state index in [1.54, 1.807) is 24.3 Å². The third-order valence-corrected chi connectivity index (χ3v) is 4.21. The van der Waals surface area contributed by atoms with Crippen LogP contribution >= 0.6 is 0 Å². The summed E-state index contributed by atoms with van der Waals surface area (Å²) >= 11 is 0. The van der Waals surface area contributed by atoms with E-state index in [-0.39, 0.29) is 10.7 Å². The average Bonchev–Trinajstić information content (AvgIpc) is 2.45. The Morgan fingerprint density at radius 1 is 1.10 bits per heavy atom. The van der Waals surface area contributed by atoms with Gasteiger partial charge in [-0.1, -0.05) is 18.2 Å². The predicted molar refractivity (Wildman–Crippen MR) is 76.4 cm³/mol. The smallest absolute Gasteiger partial charge is 0.240 e. The lowest BCUT2D eigenvalue weighted by Crippen LogP contribution is -2.18. The van der Waals surface area contributed by atoms with E-state index < -0.39 is 10.0 Å². The maximum Gasteiger partial charge on any atom is 0.240 e. The van der Waals surface area contributed by atoms with E-state index >= 15 is 0 Å². The zero-order valence-electron chi connectivity index (χ0n) is 10.9. The molecule has 2 aromatic rings. The predicted octanol–water partition coefficient (Wildman–Crippen LogP) is 2.35. The first-order valence-electron chi connectivity index (χ1n) is 6.03. The van der Waals surface area contributed by atoms with Crippen LogP contribution in [-0.2, 0) is 16.6 Å². The normalized spacial score (nSPS) is 11.3. The lowest BCUT2D eigenvalue weighted by molar-refractivity contribution is 0.588. The average molecular weight is 294 g/mol. The number of benzene rings is 2. The van der Waals surface area contributed by atoms with Crippen molar-refractivity contribution >= 4 is 15.7 Å². The summed E-state index contributed by atoms with van der Waals surface area (Å²) in [6.45, 7) is 0.417. The highest BCUT2D eigenvalue weighted by Gasteiger charge is 2.11. The van der Waals surface area contributed by atoms with Crippen LogP contribution in [0.3, 0.4) is 0 Å². The van der Waals surface area contributed by atoms with E-state index in [2.05, 4.69) is 10.0 Å². The first-order chi connectivity index (χ1) is 9.51. The molecule has 0 heterocycles. The van der Waals surface area contributed by atoms with E-state index in [4.69, 9.17) is 0 Å². The molecule has 2 aromatic carbocycles. The molecular formula is C14H15FN2O2S. The van der Waals surface area contributed by atoms with Gasteiger partial charge in [-0.3, -0.25) is 0 Å². The van der Waals surface area contributed by atoms with Crippen molar-refractivity contribution in [3.63, 3.8) is 0 Å². The molecule has 2 rings (SSSR count). The fraction of sp³-hybridized carbons (Fsp3) is 0.143. The van der Waals surface area contributed by atoms with Crippen LogP contribution in [0.2, 0.25) is 0 Å². The fourth-order valence-electron chi connectivity index (χ4n) is 1.74. The zero-order valence-corrected chi connectivity index (χ0v) is 11.7. The number of sulfonamides is 1. The number of hydrogen-bond acceptors (Lipinski definition) is 3. The van der Waals surface area contributed by atoms with Gasteiger partial charge in [-0.25, -0.2) is 17.5 Å². The Hall–Kier alpha value is -1.92. The van der Waals surface area contributed by atoms with Crippen LogP contribution in [-0.4, -0.2) is 15.5 Å². The molecule has 0 aliphatic carbocycles. The summed E-state index contributed by atoms with van der Waals surface area (Å²) in [7, 11) is -2.10. The summed E-state index contributed by atoms with van der Waals surface area (Å²) in [5.41, 5.74) is 1.44. The zero-order chi connectivity index (χ0) is 14.6. The number of nitrogens with one attached hydrogen (secondary N) is 2. The van der Waals surface area contributed by atoms with Crippen LogP contribution in [0.5, 0.6) is 0 Å². The minimum atomic E-state index is -3.46. The molecule has 106 valence electrons. The van der Waals surface area contributed by atoms with Gasteiger partial charge in [-0.15, -0.1) is 0 Å². The first kappa shape index (κ1) is 14.5. The van der Waals surface area contributed by atoms with Crippen LogP contribution in [0, 0.1) is 5.82 Å². The minimum absolute atomic E-state index is 0.184. The largest absolute Gasteiger partial charge is 0.381 e. The van der Waals surface area contributed by atoms with E-state index in [1.165, 1.54) is 31.3 Å². The number of rotatable bonds is 5. The Labute approximate surface area is 117 Å². The van der Waals surface area contributed by atoms with Crippen molar-refractivity contribution in [3.05, 3.63) is 59.9 Å². The monoisotopic (exact) mass is 294 g/mol. The van der Waals surface area contributed by atoms with Crippen molar-refractivity contribution in [2.75, 3.05) is 12.4 Å². The number of anilines is 1. The Morgan fingerprint density at radius 2 is 1.85 bits per heavy atom. The van der Waals surface area contributed by atoms with E-state index in [0.29, 0.717) is 12.2 Å². The molecule has 0 atom stereocenters. The van der Waals surface area contributed by atoms with Crippen LogP contribution in [0.4, 0.5) is 10.1 Å². The second-order valence-corrected chi connectivity index (χ2v) is 6.11. The van der Waals surface area contributed by atoms with Crippen LogP contribution in [0.15, 0.2) is 53.4 Å². The van der Waals surface area contributed by atoms with E-state index in [9.17, 15) is 12.8 Å².